The van der Waals surface area contributed by atoms with E-state index >= 15 is 0 Å². The van der Waals surface area contributed by atoms with E-state index in [4.69, 9.17) is 5.73 Å². The number of hydrogen-bond donors (Lipinski definition) is 1. The van der Waals surface area contributed by atoms with Crippen molar-refractivity contribution in [3.05, 3.63) is 35.9 Å². The standard InChI is InChI=1S/C12H17NO2.C4H6O2.C3H8.H2/c13-12(14)15-10-6-2-5-9-11-7-3-1-4-8-11;1-3-2-6-4(3)5;1-3-2;/h1,3-4,7-8H,2,5-6,9-10H2,(H2,13,14);3H,2H2,1H3;3H2,1-2H3;1H. The first kappa shape index (κ1) is 22.0. The third-order valence-electron chi connectivity index (χ3n) is 3.07. The summed E-state index contributed by atoms with van der Waals surface area (Å²) in [6, 6.07) is 10.4. The zero-order chi connectivity index (χ0) is 18.2. The lowest BCUT2D eigenvalue weighted by Gasteiger charge is -2.19. The minimum atomic E-state index is -0.682. The average Bonchev–Trinajstić information content (AvgIpc) is 2.58. The molecule has 0 aromatic heterocycles. The molecule has 1 atom stereocenters. The van der Waals surface area contributed by atoms with Crippen molar-refractivity contribution in [1.29, 1.82) is 0 Å². The number of unbranched alkanes of at least 4 members (excludes halogenated alkanes) is 2. The van der Waals surface area contributed by atoms with E-state index in [9.17, 15) is 9.59 Å². The molecule has 138 valence electrons. The summed E-state index contributed by atoms with van der Waals surface area (Å²) < 4.78 is 9.04. The van der Waals surface area contributed by atoms with Gasteiger partial charge in [0.1, 0.15) is 6.61 Å². The highest BCUT2D eigenvalue weighted by molar-refractivity contribution is 5.76. The topological polar surface area (TPSA) is 78.6 Å². The Balaban J connectivity index is 0. The number of aryl methyl sites for hydroxylation is 1. The van der Waals surface area contributed by atoms with Crippen LogP contribution in [0.5, 0.6) is 0 Å². The number of esters is 1. The third kappa shape index (κ3) is 12.5. The second-order valence-corrected chi connectivity index (χ2v) is 5.70. The summed E-state index contributed by atoms with van der Waals surface area (Å²) in [5.41, 5.74) is 6.19. The Morgan fingerprint density at radius 2 is 1.83 bits per heavy atom. The SMILES string of the molecule is CC1COC1=O.CCC.NC(=O)OCCCCCc1ccccc1.[HH]. The van der Waals surface area contributed by atoms with Crippen LogP contribution in [0.15, 0.2) is 30.3 Å². The summed E-state index contributed by atoms with van der Waals surface area (Å²) >= 11 is 0. The molecule has 24 heavy (non-hydrogen) atoms. The molecule has 2 N–H and O–H groups in total. The maximum atomic E-state index is 10.3. The molecule has 0 saturated carbocycles. The minimum Gasteiger partial charge on any atom is -0.464 e. The van der Waals surface area contributed by atoms with E-state index in [2.05, 4.69) is 35.5 Å². The number of primary amides is 1. The normalized spacial score (nSPS) is 14.8. The van der Waals surface area contributed by atoms with Crippen molar-refractivity contribution < 1.29 is 20.5 Å². The van der Waals surface area contributed by atoms with Crippen LogP contribution < -0.4 is 5.73 Å². The third-order valence-corrected chi connectivity index (χ3v) is 3.07. The first-order valence-corrected chi connectivity index (χ1v) is 8.64. The first-order chi connectivity index (χ1) is 11.5. The van der Waals surface area contributed by atoms with Gasteiger partial charge in [-0.25, -0.2) is 4.79 Å². The number of nitrogens with two attached hydrogens (primary N) is 1. The molecule has 0 spiro atoms. The van der Waals surface area contributed by atoms with Crippen LogP contribution in [0.2, 0.25) is 0 Å². The van der Waals surface area contributed by atoms with Crippen LogP contribution >= 0.6 is 0 Å². The van der Waals surface area contributed by atoms with E-state index in [0.29, 0.717) is 13.2 Å². The lowest BCUT2D eigenvalue weighted by atomic mass is 10.1. The quantitative estimate of drug-likeness (QED) is 0.618. The molecule has 1 fully saturated rings. The van der Waals surface area contributed by atoms with Gasteiger partial charge >= 0.3 is 12.1 Å². The summed E-state index contributed by atoms with van der Waals surface area (Å²) in [6.07, 6.45) is 4.71. The molecule has 0 bridgehead atoms. The number of carbonyl (C=O) groups is 2. The van der Waals surface area contributed by atoms with Crippen LogP contribution in [-0.2, 0) is 20.7 Å². The zero-order valence-corrected chi connectivity index (χ0v) is 15.1. The van der Waals surface area contributed by atoms with Gasteiger partial charge in [0.25, 0.3) is 0 Å². The second-order valence-electron chi connectivity index (χ2n) is 5.70. The molecular formula is C19H33NO4. The zero-order valence-electron chi connectivity index (χ0n) is 15.1. The summed E-state index contributed by atoms with van der Waals surface area (Å²) in [6.45, 7) is 7.16. The fourth-order valence-corrected chi connectivity index (χ4v) is 1.74. The molecule has 2 rings (SSSR count). The molecule has 0 radical (unpaired) electrons. The minimum absolute atomic E-state index is 0. The first-order valence-electron chi connectivity index (χ1n) is 8.64. The van der Waals surface area contributed by atoms with Crippen molar-refractivity contribution in [2.75, 3.05) is 13.2 Å². The molecular weight excluding hydrogens is 306 g/mol. The van der Waals surface area contributed by atoms with Gasteiger partial charge in [-0.15, -0.1) is 0 Å². The van der Waals surface area contributed by atoms with Crippen molar-refractivity contribution in [3.63, 3.8) is 0 Å². The number of hydrogen-bond acceptors (Lipinski definition) is 4. The van der Waals surface area contributed by atoms with Crippen LogP contribution in [0.3, 0.4) is 0 Å². The second kappa shape index (κ2) is 14.5. The maximum Gasteiger partial charge on any atom is 0.404 e. The Hall–Kier alpha value is -2.04. The van der Waals surface area contributed by atoms with Gasteiger partial charge in [-0.2, -0.15) is 0 Å². The van der Waals surface area contributed by atoms with Crippen molar-refractivity contribution in [1.82, 2.24) is 0 Å². The van der Waals surface area contributed by atoms with Crippen LogP contribution in [0.4, 0.5) is 4.79 Å². The van der Waals surface area contributed by atoms with Gasteiger partial charge in [0.05, 0.1) is 12.5 Å². The Morgan fingerprint density at radius 1 is 1.25 bits per heavy atom. The lowest BCUT2D eigenvalue weighted by Crippen LogP contribution is -2.31. The van der Waals surface area contributed by atoms with E-state index in [1.165, 1.54) is 12.0 Å². The van der Waals surface area contributed by atoms with Crippen molar-refractivity contribution in [3.8, 4) is 0 Å². The molecule has 1 unspecified atom stereocenters. The summed E-state index contributed by atoms with van der Waals surface area (Å²) in [4.78, 5) is 20.3. The van der Waals surface area contributed by atoms with Crippen LogP contribution in [0, 0.1) is 5.92 Å². The molecule has 1 heterocycles. The molecule has 1 aromatic rings. The molecule has 1 amide bonds. The predicted molar refractivity (Wildman–Crippen MR) is 97.7 cm³/mol. The number of amides is 1. The molecule has 1 aromatic carbocycles. The lowest BCUT2D eigenvalue weighted by molar-refractivity contribution is -0.166. The average molecular weight is 339 g/mol. The van der Waals surface area contributed by atoms with E-state index in [1.54, 1.807) is 0 Å². The van der Waals surface area contributed by atoms with Crippen molar-refractivity contribution in [2.24, 2.45) is 11.7 Å². The largest absolute Gasteiger partial charge is 0.464 e. The van der Waals surface area contributed by atoms with Crippen molar-refractivity contribution in [2.45, 2.75) is 52.9 Å². The fourth-order valence-electron chi connectivity index (χ4n) is 1.74. The van der Waals surface area contributed by atoms with Gasteiger partial charge in [-0.1, -0.05) is 50.6 Å². The van der Waals surface area contributed by atoms with Gasteiger partial charge in [-0.3, -0.25) is 4.79 Å². The number of rotatable bonds is 6. The van der Waals surface area contributed by atoms with Gasteiger partial charge in [-0.05, 0) is 38.2 Å². The van der Waals surface area contributed by atoms with Gasteiger partial charge in [0.15, 0.2) is 0 Å². The monoisotopic (exact) mass is 339 g/mol. The molecule has 0 aliphatic carbocycles. The van der Waals surface area contributed by atoms with Crippen molar-refractivity contribution >= 4 is 12.1 Å². The molecule has 1 saturated heterocycles. The summed E-state index contributed by atoms with van der Waals surface area (Å²) in [5.74, 6) is 0.111. The van der Waals surface area contributed by atoms with E-state index < -0.39 is 6.09 Å². The van der Waals surface area contributed by atoms with E-state index in [-0.39, 0.29) is 13.3 Å². The van der Waals surface area contributed by atoms with Crippen LogP contribution in [0.25, 0.3) is 0 Å². The van der Waals surface area contributed by atoms with E-state index in [1.807, 2.05) is 25.1 Å². The maximum absolute atomic E-state index is 10.3. The number of carbonyl (C=O) groups excluding carboxylic acids is 2. The highest BCUT2D eigenvalue weighted by Crippen LogP contribution is 2.09. The van der Waals surface area contributed by atoms with Gasteiger partial charge < -0.3 is 15.2 Å². The predicted octanol–water partition coefficient (Wildman–Crippen LogP) is 4.34. The van der Waals surface area contributed by atoms with Gasteiger partial charge in [0.2, 0.25) is 0 Å². The Kier molecular flexibility index (Phi) is 13.3. The highest BCUT2D eigenvalue weighted by atomic mass is 16.6. The fraction of sp³-hybridized carbons (Fsp3) is 0.579. The van der Waals surface area contributed by atoms with Crippen LogP contribution in [0.1, 0.15) is 53.4 Å². The van der Waals surface area contributed by atoms with Gasteiger partial charge in [0, 0.05) is 1.43 Å². The number of benzene rings is 1. The molecule has 5 nitrogen and oxygen atoms in total. The van der Waals surface area contributed by atoms with Crippen LogP contribution in [-0.4, -0.2) is 25.3 Å². The summed E-state index contributed by atoms with van der Waals surface area (Å²) in [5, 5.41) is 0. The number of ether oxygens (including phenoxy) is 2. The number of cyclic esters (lactones) is 1. The highest BCUT2D eigenvalue weighted by Gasteiger charge is 2.24. The molecule has 1 aliphatic heterocycles. The molecule has 1 aliphatic rings. The smallest absolute Gasteiger partial charge is 0.404 e. The Morgan fingerprint density at radius 3 is 2.25 bits per heavy atom. The molecule has 5 heteroatoms. The summed E-state index contributed by atoms with van der Waals surface area (Å²) in [7, 11) is 0. The Bertz CT molecular complexity index is 454. The Labute approximate surface area is 147 Å². The van der Waals surface area contributed by atoms with E-state index in [0.717, 1.165) is 25.7 Å².